The van der Waals surface area contributed by atoms with Crippen LogP contribution >= 0.6 is 12.2 Å². The predicted octanol–water partition coefficient (Wildman–Crippen LogP) is 1.27. The molecule has 0 spiro atoms. The summed E-state index contributed by atoms with van der Waals surface area (Å²) in [4.78, 5) is 1.24. The Labute approximate surface area is 110 Å². The number of nitrogens with one attached hydrogen (secondary N) is 2. The maximum Gasteiger partial charge on any atom is 0.200 e. The molecule has 6 heteroatoms. The topological polar surface area (TPSA) is 38.0 Å². The summed E-state index contributed by atoms with van der Waals surface area (Å²) >= 11 is 5.24. The molecular formula is C12H16FN4S+. The van der Waals surface area contributed by atoms with Gasteiger partial charge in [-0.15, -0.1) is 0 Å². The largest absolute Gasteiger partial charge is 0.331 e. The average molecular weight is 267 g/mol. The fraction of sp³-hybridized carbons (Fsp3) is 0.333. The highest BCUT2D eigenvalue weighted by molar-refractivity contribution is 7.71. The monoisotopic (exact) mass is 267 g/mol. The van der Waals surface area contributed by atoms with Crippen LogP contribution < -0.4 is 4.90 Å². The normalized spacial score (nSPS) is 12.9. The third-order valence-corrected chi connectivity index (χ3v) is 3.31. The summed E-state index contributed by atoms with van der Waals surface area (Å²) < 4.78 is 15.3. The number of hydrogen-bond donors (Lipinski definition) is 2. The van der Waals surface area contributed by atoms with Crippen molar-refractivity contribution in [2.24, 2.45) is 0 Å². The minimum Gasteiger partial charge on any atom is -0.331 e. The number of nitrogens with zero attached hydrogens (tertiary/aromatic N) is 2. The number of aromatic nitrogens is 3. The van der Waals surface area contributed by atoms with Crippen molar-refractivity contribution in [3.8, 4) is 5.69 Å². The van der Waals surface area contributed by atoms with E-state index in [1.165, 1.54) is 17.0 Å². The highest BCUT2D eigenvalue weighted by atomic mass is 32.1. The molecule has 1 atom stereocenters. The fourth-order valence-electron chi connectivity index (χ4n) is 1.70. The van der Waals surface area contributed by atoms with Crippen LogP contribution in [0, 0.1) is 10.6 Å². The first-order valence-corrected chi connectivity index (χ1v) is 6.15. The summed E-state index contributed by atoms with van der Waals surface area (Å²) in [7, 11) is 4.11. The molecule has 0 bridgehead atoms. The second-order valence-corrected chi connectivity index (χ2v) is 4.88. The lowest BCUT2D eigenvalue weighted by Crippen LogP contribution is -3.05. The first kappa shape index (κ1) is 12.9. The number of hydrogen-bond acceptors (Lipinski definition) is 2. The van der Waals surface area contributed by atoms with Crippen molar-refractivity contribution in [2.75, 3.05) is 14.1 Å². The quantitative estimate of drug-likeness (QED) is 0.822. The van der Waals surface area contributed by atoms with Gasteiger partial charge in [-0.25, -0.2) is 4.39 Å². The standard InChI is InChI=1S/C12H15FN4S/c1-8(16(2)3)11-14-15-12(18)17(11)10-6-4-9(13)5-7-10/h4-8H,1-3H3,(H,15,18)/p+1/t8-/m1/s1. The molecule has 0 saturated heterocycles. The van der Waals surface area contributed by atoms with Crippen molar-refractivity contribution in [2.45, 2.75) is 13.0 Å². The second-order valence-electron chi connectivity index (χ2n) is 4.50. The Bertz CT molecular complexity index is 585. The van der Waals surface area contributed by atoms with Gasteiger partial charge in [-0.05, 0) is 43.4 Å². The van der Waals surface area contributed by atoms with Gasteiger partial charge < -0.3 is 4.90 Å². The lowest BCUT2D eigenvalue weighted by molar-refractivity contribution is -0.890. The van der Waals surface area contributed by atoms with Crippen LogP contribution in [0.15, 0.2) is 24.3 Å². The summed E-state index contributed by atoms with van der Waals surface area (Å²) in [5, 5.41) is 7.06. The van der Waals surface area contributed by atoms with Crippen molar-refractivity contribution in [3.63, 3.8) is 0 Å². The van der Waals surface area contributed by atoms with E-state index in [2.05, 4.69) is 31.2 Å². The van der Waals surface area contributed by atoms with E-state index in [1.54, 1.807) is 12.1 Å². The van der Waals surface area contributed by atoms with Gasteiger partial charge in [0, 0.05) is 0 Å². The molecule has 1 aromatic heterocycles. The Hall–Kier alpha value is -1.53. The molecule has 1 heterocycles. The van der Waals surface area contributed by atoms with E-state index >= 15 is 0 Å². The average Bonchev–Trinajstić information content (AvgIpc) is 2.71. The zero-order valence-corrected chi connectivity index (χ0v) is 11.4. The molecule has 0 aliphatic rings. The zero-order valence-electron chi connectivity index (χ0n) is 10.6. The van der Waals surface area contributed by atoms with E-state index < -0.39 is 0 Å². The van der Waals surface area contributed by atoms with Crippen LogP contribution in [0.2, 0.25) is 0 Å². The van der Waals surface area contributed by atoms with E-state index in [4.69, 9.17) is 12.2 Å². The molecule has 4 nitrogen and oxygen atoms in total. The van der Waals surface area contributed by atoms with Gasteiger partial charge in [0.1, 0.15) is 11.9 Å². The smallest absolute Gasteiger partial charge is 0.200 e. The Morgan fingerprint density at radius 2 is 1.94 bits per heavy atom. The summed E-state index contributed by atoms with van der Waals surface area (Å²) in [5.41, 5.74) is 0.818. The highest BCUT2D eigenvalue weighted by Gasteiger charge is 2.20. The van der Waals surface area contributed by atoms with Gasteiger partial charge >= 0.3 is 0 Å². The van der Waals surface area contributed by atoms with E-state index in [9.17, 15) is 4.39 Å². The highest BCUT2D eigenvalue weighted by Crippen LogP contribution is 2.15. The van der Waals surface area contributed by atoms with Gasteiger partial charge in [-0.2, -0.15) is 5.10 Å². The zero-order chi connectivity index (χ0) is 13.3. The van der Waals surface area contributed by atoms with Crippen molar-refractivity contribution in [1.82, 2.24) is 14.8 Å². The van der Waals surface area contributed by atoms with Crippen LogP contribution in [0.3, 0.4) is 0 Å². The summed E-state index contributed by atoms with van der Waals surface area (Å²) in [6.07, 6.45) is 0. The number of rotatable bonds is 3. The van der Waals surface area contributed by atoms with Crippen LogP contribution in [-0.4, -0.2) is 28.9 Å². The van der Waals surface area contributed by atoms with Gasteiger partial charge in [0.05, 0.1) is 19.8 Å². The summed E-state index contributed by atoms with van der Waals surface area (Å²) in [6, 6.07) is 6.41. The van der Waals surface area contributed by atoms with Gasteiger partial charge in [-0.1, -0.05) is 0 Å². The molecule has 0 saturated carbocycles. The van der Waals surface area contributed by atoms with Crippen LogP contribution in [0.1, 0.15) is 18.8 Å². The maximum absolute atomic E-state index is 13.0. The Morgan fingerprint density at radius 1 is 1.33 bits per heavy atom. The van der Waals surface area contributed by atoms with Crippen LogP contribution in [-0.2, 0) is 0 Å². The van der Waals surface area contributed by atoms with Crippen molar-refractivity contribution in [1.29, 1.82) is 0 Å². The molecule has 2 aromatic rings. The predicted molar refractivity (Wildman–Crippen MR) is 69.9 cm³/mol. The first-order valence-electron chi connectivity index (χ1n) is 5.74. The number of H-pyrrole nitrogens is 1. The molecule has 18 heavy (non-hydrogen) atoms. The Morgan fingerprint density at radius 3 is 2.50 bits per heavy atom. The molecule has 0 aliphatic heterocycles. The third kappa shape index (κ3) is 2.34. The van der Waals surface area contributed by atoms with E-state index in [1.807, 2.05) is 4.57 Å². The molecule has 1 aromatic carbocycles. The molecule has 0 amide bonds. The minimum absolute atomic E-state index is 0.183. The molecule has 0 radical (unpaired) electrons. The molecular weight excluding hydrogens is 251 g/mol. The molecule has 0 aliphatic carbocycles. The second kappa shape index (κ2) is 4.99. The Kier molecular flexibility index (Phi) is 3.58. The van der Waals surface area contributed by atoms with Gasteiger partial charge in [0.15, 0.2) is 10.6 Å². The van der Waals surface area contributed by atoms with E-state index in [-0.39, 0.29) is 11.9 Å². The fourth-order valence-corrected chi connectivity index (χ4v) is 1.94. The van der Waals surface area contributed by atoms with Crippen LogP contribution in [0.5, 0.6) is 0 Å². The number of quaternary nitrogens is 1. The van der Waals surface area contributed by atoms with Crippen molar-refractivity contribution in [3.05, 3.63) is 40.7 Å². The lowest BCUT2D eigenvalue weighted by atomic mass is 10.2. The SMILES string of the molecule is C[C@H](c1n[nH]c(=S)n1-c1ccc(F)cc1)[NH+](C)C. The van der Waals surface area contributed by atoms with Crippen molar-refractivity contribution >= 4 is 12.2 Å². The Balaban J connectivity index is 2.53. The van der Waals surface area contributed by atoms with E-state index in [0.29, 0.717) is 4.77 Å². The van der Waals surface area contributed by atoms with Gasteiger partial charge in [0.25, 0.3) is 0 Å². The number of aromatic amines is 1. The van der Waals surface area contributed by atoms with Crippen LogP contribution in [0.25, 0.3) is 5.69 Å². The van der Waals surface area contributed by atoms with Crippen LogP contribution in [0.4, 0.5) is 4.39 Å². The molecule has 0 unspecified atom stereocenters. The lowest BCUT2D eigenvalue weighted by Gasteiger charge is -2.17. The third-order valence-electron chi connectivity index (χ3n) is 3.04. The number of benzene rings is 1. The summed E-state index contributed by atoms with van der Waals surface area (Å²) in [5.74, 6) is 0.577. The van der Waals surface area contributed by atoms with Gasteiger partial charge in [-0.3, -0.25) is 9.67 Å². The molecule has 2 N–H and O–H groups in total. The van der Waals surface area contributed by atoms with Crippen molar-refractivity contribution < 1.29 is 9.29 Å². The molecule has 2 rings (SSSR count). The number of halogens is 1. The minimum atomic E-state index is -0.262. The van der Waals surface area contributed by atoms with Gasteiger partial charge in [0.2, 0.25) is 0 Å². The molecule has 96 valence electrons. The maximum atomic E-state index is 13.0. The summed E-state index contributed by atoms with van der Waals surface area (Å²) in [6.45, 7) is 2.07. The molecule has 0 fully saturated rings. The first-order chi connectivity index (χ1) is 8.50. The van der Waals surface area contributed by atoms with E-state index in [0.717, 1.165) is 11.5 Å².